The van der Waals surface area contributed by atoms with Crippen molar-refractivity contribution >= 4 is 0 Å². The van der Waals surface area contributed by atoms with Gasteiger partial charge in [-0.2, -0.15) is 0 Å². The van der Waals surface area contributed by atoms with E-state index < -0.39 is 0 Å². The summed E-state index contributed by atoms with van der Waals surface area (Å²) < 4.78 is 11.7. The van der Waals surface area contributed by atoms with Gasteiger partial charge in [0, 0.05) is 12.5 Å². The van der Waals surface area contributed by atoms with Crippen molar-refractivity contribution in [3.8, 4) is 0 Å². The molecule has 1 rings (SSSR count). The van der Waals surface area contributed by atoms with Gasteiger partial charge in [0.2, 0.25) is 0 Å². The third-order valence-corrected chi connectivity index (χ3v) is 5.27. The summed E-state index contributed by atoms with van der Waals surface area (Å²) in [5.41, 5.74) is 0. The van der Waals surface area contributed by atoms with Gasteiger partial charge in [-0.3, -0.25) is 0 Å². The van der Waals surface area contributed by atoms with Crippen molar-refractivity contribution in [2.45, 2.75) is 111 Å². The largest absolute Gasteiger partial charge is 0.353 e. The van der Waals surface area contributed by atoms with E-state index >= 15 is 0 Å². The molecule has 0 radical (unpaired) electrons. The average molecular weight is 339 g/mol. The number of hydrogen-bond donors (Lipinski definition) is 0. The maximum atomic E-state index is 6.05. The zero-order valence-corrected chi connectivity index (χ0v) is 16.8. The van der Waals surface area contributed by atoms with Gasteiger partial charge in [-0.25, -0.2) is 0 Å². The van der Waals surface area contributed by atoms with Gasteiger partial charge >= 0.3 is 0 Å². The molecule has 0 aromatic heterocycles. The van der Waals surface area contributed by atoms with Gasteiger partial charge in [0.05, 0.1) is 6.10 Å². The molecule has 0 aromatic carbocycles. The predicted octanol–water partition coefficient (Wildman–Crippen LogP) is 6.89. The normalized spacial score (nSPS) is 22.6. The first kappa shape index (κ1) is 21.7. The van der Waals surface area contributed by atoms with Crippen LogP contribution in [0.15, 0.2) is 12.2 Å². The summed E-state index contributed by atoms with van der Waals surface area (Å²) in [7, 11) is 0. The van der Waals surface area contributed by atoms with Gasteiger partial charge in [-0.1, -0.05) is 77.9 Å². The number of hydrogen-bond acceptors (Lipinski definition) is 2. The molecule has 0 amide bonds. The van der Waals surface area contributed by atoms with Crippen LogP contribution in [-0.2, 0) is 9.47 Å². The number of allylic oxidation sites excluding steroid dienone is 1. The standard InChI is InChI=1S/C22H42O2/c1-5-6-7-8-9-10-14-19(2)15-13-16-20(3)21(4)24-22-17-11-12-18-23-22/h13,16,19-22H,5-12,14-15,17-18H2,1-4H3. The molecule has 2 nitrogen and oxygen atoms in total. The van der Waals surface area contributed by atoms with Crippen molar-refractivity contribution in [3.63, 3.8) is 0 Å². The molecule has 1 aliphatic rings. The molecule has 0 saturated carbocycles. The second kappa shape index (κ2) is 13.9. The number of ether oxygens (including phenoxy) is 2. The molecule has 0 N–H and O–H groups in total. The second-order valence-electron chi connectivity index (χ2n) is 7.82. The Hall–Kier alpha value is -0.340. The molecule has 1 fully saturated rings. The fourth-order valence-electron chi connectivity index (χ4n) is 3.25. The molecule has 0 aliphatic carbocycles. The monoisotopic (exact) mass is 338 g/mol. The zero-order valence-electron chi connectivity index (χ0n) is 16.8. The maximum Gasteiger partial charge on any atom is 0.157 e. The van der Waals surface area contributed by atoms with E-state index in [1.54, 1.807) is 0 Å². The van der Waals surface area contributed by atoms with Gasteiger partial charge in [0.25, 0.3) is 0 Å². The average Bonchev–Trinajstić information content (AvgIpc) is 2.58. The Bertz CT molecular complexity index is 307. The molecule has 142 valence electrons. The van der Waals surface area contributed by atoms with Gasteiger partial charge < -0.3 is 9.47 Å². The van der Waals surface area contributed by atoms with Crippen molar-refractivity contribution in [2.24, 2.45) is 11.8 Å². The van der Waals surface area contributed by atoms with Crippen LogP contribution in [0.4, 0.5) is 0 Å². The van der Waals surface area contributed by atoms with Gasteiger partial charge in [-0.05, 0) is 38.5 Å². The summed E-state index contributed by atoms with van der Waals surface area (Å²) >= 11 is 0. The lowest BCUT2D eigenvalue weighted by Crippen LogP contribution is -2.29. The molecule has 4 atom stereocenters. The van der Waals surface area contributed by atoms with E-state index in [0.717, 1.165) is 18.9 Å². The van der Waals surface area contributed by atoms with Crippen LogP contribution >= 0.6 is 0 Å². The van der Waals surface area contributed by atoms with Crippen LogP contribution < -0.4 is 0 Å². The molecule has 0 aromatic rings. The molecule has 0 bridgehead atoms. The van der Waals surface area contributed by atoms with E-state index in [1.807, 2.05) is 0 Å². The summed E-state index contributed by atoms with van der Waals surface area (Å²) in [6.07, 6.45) is 19.4. The zero-order chi connectivity index (χ0) is 17.6. The lowest BCUT2D eigenvalue weighted by Gasteiger charge is -2.28. The predicted molar refractivity (Wildman–Crippen MR) is 104 cm³/mol. The molecule has 4 unspecified atom stereocenters. The quantitative estimate of drug-likeness (QED) is 0.269. The molecule has 24 heavy (non-hydrogen) atoms. The van der Waals surface area contributed by atoms with Crippen molar-refractivity contribution in [3.05, 3.63) is 12.2 Å². The fraction of sp³-hybridized carbons (Fsp3) is 0.909. The minimum Gasteiger partial charge on any atom is -0.353 e. The van der Waals surface area contributed by atoms with Crippen LogP contribution in [-0.4, -0.2) is 19.0 Å². The molecule has 1 saturated heterocycles. The van der Waals surface area contributed by atoms with Crippen molar-refractivity contribution in [2.75, 3.05) is 6.61 Å². The van der Waals surface area contributed by atoms with Crippen LogP contribution in [0, 0.1) is 11.8 Å². The molecular formula is C22H42O2. The van der Waals surface area contributed by atoms with Gasteiger partial charge in [-0.15, -0.1) is 0 Å². The fourth-order valence-corrected chi connectivity index (χ4v) is 3.25. The van der Waals surface area contributed by atoms with E-state index in [1.165, 1.54) is 64.2 Å². The summed E-state index contributed by atoms with van der Waals surface area (Å²) in [5.74, 6) is 1.26. The third kappa shape index (κ3) is 10.5. The van der Waals surface area contributed by atoms with Gasteiger partial charge in [0.1, 0.15) is 0 Å². The molecule has 1 heterocycles. The number of unbranched alkanes of at least 4 members (excludes halogenated alkanes) is 5. The highest BCUT2D eigenvalue weighted by Gasteiger charge is 2.19. The van der Waals surface area contributed by atoms with E-state index in [0.29, 0.717) is 5.92 Å². The third-order valence-electron chi connectivity index (χ3n) is 5.27. The highest BCUT2D eigenvalue weighted by molar-refractivity contribution is 4.90. The molecular weight excluding hydrogens is 296 g/mol. The van der Waals surface area contributed by atoms with Crippen LogP contribution in [0.1, 0.15) is 98.3 Å². The first-order chi connectivity index (χ1) is 11.6. The summed E-state index contributed by atoms with van der Waals surface area (Å²) in [6, 6.07) is 0. The maximum absolute atomic E-state index is 6.05. The SMILES string of the molecule is CCCCCCCCC(C)CC=CC(C)C(C)OC1CCCCO1. The van der Waals surface area contributed by atoms with Gasteiger partial charge in [0.15, 0.2) is 6.29 Å². The Morgan fingerprint density at radius 3 is 2.50 bits per heavy atom. The van der Waals surface area contributed by atoms with E-state index in [4.69, 9.17) is 9.47 Å². The van der Waals surface area contributed by atoms with Crippen LogP contribution in [0.25, 0.3) is 0 Å². The molecule has 1 aliphatic heterocycles. The molecule has 0 spiro atoms. The minimum absolute atomic E-state index is 0.0243. The van der Waals surface area contributed by atoms with Crippen molar-refractivity contribution < 1.29 is 9.47 Å². The van der Waals surface area contributed by atoms with Crippen molar-refractivity contribution in [1.29, 1.82) is 0 Å². The van der Waals surface area contributed by atoms with E-state index in [2.05, 4.69) is 39.8 Å². The summed E-state index contributed by atoms with van der Waals surface area (Å²) in [4.78, 5) is 0. The Morgan fingerprint density at radius 1 is 1.04 bits per heavy atom. The first-order valence-electron chi connectivity index (χ1n) is 10.6. The highest BCUT2D eigenvalue weighted by Crippen LogP contribution is 2.20. The van der Waals surface area contributed by atoms with E-state index in [-0.39, 0.29) is 12.4 Å². The Labute approximate surface area is 151 Å². The molecule has 2 heteroatoms. The summed E-state index contributed by atoms with van der Waals surface area (Å²) in [6.45, 7) is 9.95. The minimum atomic E-state index is 0.0243. The second-order valence-corrected chi connectivity index (χ2v) is 7.82. The van der Waals surface area contributed by atoms with Crippen LogP contribution in [0.5, 0.6) is 0 Å². The smallest absolute Gasteiger partial charge is 0.157 e. The number of rotatable bonds is 13. The Morgan fingerprint density at radius 2 is 1.79 bits per heavy atom. The Kier molecular flexibility index (Phi) is 12.6. The van der Waals surface area contributed by atoms with Crippen LogP contribution in [0.2, 0.25) is 0 Å². The Balaban J connectivity index is 2.08. The van der Waals surface area contributed by atoms with E-state index in [9.17, 15) is 0 Å². The topological polar surface area (TPSA) is 18.5 Å². The lowest BCUT2D eigenvalue weighted by molar-refractivity contribution is -0.190. The highest BCUT2D eigenvalue weighted by atomic mass is 16.7. The first-order valence-corrected chi connectivity index (χ1v) is 10.6. The lowest BCUT2D eigenvalue weighted by atomic mass is 9.97. The summed E-state index contributed by atoms with van der Waals surface area (Å²) in [5, 5.41) is 0. The van der Waals surface area contributed by atoms with Crippen molar-refractivity contribution in [1.82, 2.24) is 0 Å². The van der Waals surface area contributed by atoms with Crippen LogP contribution in [0.3, 0.4) is 0 Å².